The molecule has 1 N–H and O–H groups in total. The van der Waals surface area contributed by atoms with Crippen LogP contribution in [0.5, 0.6) is 5.75 Å². The van der Waals surface area contributed by atoms with Crippen molar-refractivity contribution in [3.8, 4) is 11.8 Å². The Balaban J connectivity index is 1.49. The third kappa shape index (κ3) is 4.98. The van der Waals surface area contributed by atoms with Crippen molar-refractivity contribution in [2.24, 2.45) is 0 Å². The van der Waals surface area contributed by atoms with E-state index >= 15 is 0 Å². The fourth-order valence-corrected chi connectivity index (χ4v) is 3.31. The molecule has 0 aromatic heterocycles. The van der Waals surface area contributed by atoms with Gasteiger partial charge in [-0.3, -0.25) is 4.79 Å². The van der Waals surface area contributed by atoms with E-state index in [-0.39, 0.29) is 5.57 Å². The molecule has 0 aliphatic rings. The first-order valence-corrected chi connectivity index (χ1v) is 9.90. The number of para-hydroxylation sites is 1. The summed E-state index contributed by atoms with van der Waals surface area (Å²) in [5.74, 6) is 0.221. The summed E-state index contributed by atoms with van der Waals surface area (Å²) in [4.78, 5) is 12.4. The second-order valence-electron chi connectivity index (χ2n) is 6.99. The number of nitriles is 1. The molecule has 31 heavy (non-hydrogen) atoms. The van der Waals surface area contributed by atoms with Gasteiger partial charge in [-0.15, -0.1) is 0 Å². The SMILES string of the molecule is N#CC(=Cc1cccc(OCc2cccc3ccccc23)c1)C(=O)Nc1ccccc1. The first-order valence-electron chi connectivity index (χ1n) is 9.90. The number of nitrogens with one attached hydrogen (secondary N) is 1. The molecule has 0 atom stereocenters. The van der Waals surface area contributed by atoms with Crippen LogP contribution in [0.25, 0.3) is 16.8 Å². The summed E-state index contributed by atoms with van der Waals surface area (Å²) in [6.07, 6.45) is 1.56. The van der Waals surface area contributed by atoms with Crippen LogP contribution in [0.2, 0.25) is 0 Å². The van der Waals surface area contributed by atoms with Crippen LogP contribution in [-0.4, -0.2) is 5.91 Å². The average molecular weight is 404 g/mol. The second-order valence-corrected chi connectivity index (χ2v) is 6.99. The summed E-state index contributed by atoms with van der Waals surface area (Å²) in [6.45, 7) is 0.425. The van der Waals surface area contributed by atoms with Gasteiger partial charge in [-0.1, -0.05) is 72.8 Å². The van der Waals surface area contributed by atoms with Crippen LogP contribution in [0, 0.1) is 11.3 Å². The van der Waals surface area contributed by atoms with Crippen LogP contribution in [-0.2, 0) is 11.4 Å². The van der Waals surface area contributed by atoms with E-state index in [0.29, 0.717) is 18.0 Å². The van der Waals surface area contributed by atoms with Gasteiger partial charge in [-0.2, -0.15) is 5.26 Å². The number of hydrogen-bond donors (Lipinski definition) is 1. The molecule has 0 unspecified atom stereocenters. The molecule has 1 amide bonds. The van der Waals surface area contributed by atoms with E-state index in [4.69, 9.17) is 4.74 Å². The molecule has 0 heterocycles. The average Bonchev–Trinajstić information content (AvgIpc) is 2.82. The maximum atomic E-state index is 12.4. The van der Waals surface area contributed by atoms with Gasteiger partial charge in [0.15, 0.2) is 0 Å². The van der Waals surface area contributed by atoms with E-state index < -0.39 is 5.91 Å². The second kappa shape index (κ2) is 9.43. The number of benzene rings is 4. The number of fused-ring (bicyclic) bond motifs is 1. The van der Waals surface area contributed by atoms with Crippen molar-refractivity contribution >= 4 is 28.4 Å². The number of carbonyl (C=O) groups excluding carboxylic acids is 1. The Hall–Kier alpha value is -4.36. The third-order valence-electron chi connectivity index (χ3n) is 4.84. The minimum Gasteiger partial charge on any atom is -0.489 e. The molecule has 4 aromatic rings. The lowest BCUT2D eigenvalue weighted by Crippen LogP contribution is -2.13. The van der Waals surface area contributed by atoms with Crippen molar-refractivity contribution in [2.75, 3.05) is 5.32 Å². The van der Waals surface area contributed by atoms with E-state index in [0.717, 1.165) is 16.5 Å². The summed E-state index contributed by atoms with van der Waals surface area (Å²) in [5.41, 5.74) is 2.48. The molecule has 0 aliphatic heterocycles. The van der Waals surface area contributed by atoms with Gasteiger partial charge in [0.25, 0.3) is 5.91 Å². The first kappa shape index (κ1) is 19.9. The monoisotopic (exact) mass is 404 g/mol. The number of carbonyl (C=O) groups is 1. The zero-order valence-electron chi connectivity index (χ0n) is 16.8. The summed E-state index contributed by atoms with van der Waals surface area (Å²) in [7, 11) is 0. The van der Waals surface area contributed by atoms with E-state index in [1.807, 2.05) is 72.8 Å². The van der Waals surface area contributed by atoms with Gasteiger partial charge in [0.1, 0.15) is 24.0 Å². The van der Waals surface area contributed by atoms with Gasteiger partial charge in [-0.25, -0.2) is 0 Å². The lowest BCUT2D eigenvalue weighted by molar-refractivity contribution is -0.112. The maximum Gasteiger partial charge on any atom is 0.266 e. The molecule has 4 aromatic carbocycles. The van der Waals surface area contributed by atoms with Crippen molar-refractivity contribution in [3.63, 3.8) is 0 Å². The highest BCUT2D eigenvalue weighted by atomic mass is 16.5. The quantitative estimate of drug-likeness (QED) is 0.318. The smallest absolute Gasteiger partial charge is 0.266 e. The normalized spacial score (nSPS) is 11.0. The highest BCUT2D eigenvalue weighted by Crippen LogP contribution is 2.22. The summed E-state index contributed by atoms with van der Waals surface area (Å²) < 4.78 is 6.00. The van der Waals surface area contributed by atoms with Gasteiger partial charge in [0.2, 0.25) is 0 Å². The van der Waals surface area contributed by atoms with Crippen LogP contribution in [0.1, 0.15) is 11.1 Å². The van der Waals surface area contributed by atoms with Crippen LogP contribution in [0.4, 0.5) is 5.69 Å². The van der Waals surface area contributed by atoms with Crippen LogP contribution < -0.4 is 10.1 Å². The molecular weight excluding hydrogens is 384 g/mol. The highest BCUT2D eigenvalue weighted by Gasteiger charge is 2.10. The molecule has 4 nitrogen and oxygen atoms in total. The van der Waals surface area contributed by atoms with Gasteiger partial charge in [-0.05, 0) is 52.2 Å². The largest absolute Gasteiger partial charge is 0.489 e. The number of hydrogen-bond acceptors (Lipinski definition) is 3. The first-order chi connectivity index (χ1) is 15.2. The lowest BCUT2D eigenvalue weighted by atomic mass is 10.1. The van der Waals surface area contributed by atoms with Gasteiger partial charge in [0, 0.05) is 5.69 Å². The van der Waals surface area contributed by atoms with Crippen molar-refractivity contribution < 1.29 is 9.53 Å². The molecular formula is C27H20N2O2. The van der Waals surface area contributed by atoms with E-state index in [1.54, 1.807) is 18.2 Å². The standard InChI is InChI=1S/C27H20N2O2/c28-18-23(27(30)29-24-12-2-1-3-13-24)16-20-8-6-14-25(17-20)31-19-22-11-7-10-21-9-4-5-15-26(21)22/h1-17H,19H2,(H,29,30). The summed E-state index contributed by atoms with van der Waals surface area (Å²) >= 11 is 0. The van der Waals surface area contributed by atoms with Crippen molar-refractivity contribution in [2.45, 2.75) is 6.61 Å². The Bertz CT molecular complexity index is 1280. The molecule has 4 rings (SSSR count). The fourth-order valence-electron chi connectivity index (χ4n) is 3.31. The molecule has 0 spiro atoms. The molecule has 4 heteroatoms. The minimum atomic E-state index is -0.448. The molecule has 0 saturated carbocycles. The predicted molar refractivity (Wildman–Crippen MR) is 123 cm³/mol. The number of ether oxygens (including phenoxy) is 1. The number of amides is 1. The van der Waals surface area contributed by atoms with Crippen LogP contribution in [0.15, 0.2) is 103 Å². The topological polar surface area (TPSA) is 62.1 Å². The molecule has 0 radical (unpaired) electrons. The number of nitrogens with zero attached hydrogens (tertiary/aromatic N) is 1. The van der Waals surface area contributed by atoms with Crippen LogP contribution >= 0.6 is 0 Å². The molecule has 0 aliphatic carbocycles. The number of anilines is 1. The molecule has 150 valence electrons. The van der Waals surface area contributed by atoms with E-state index in [9.17, 15) is 10.1 Å². The Morgan fingerprint density at radius 1 is 0.903 bits per heavy atom. The van der Waals surface area contributed by atoms with Gasteiger partial charge in [0.05, 0.1) is 0 Å². The lowest BCUT2D eigenvalue weighted by Gasteiger charge is -2.10. The van der Waals surface area contributed by atoms with Gasteiger partial charge < -0.3 is 10.1 Å². The Morgan fingerprint density at radius 3 is 2.48 bits per heavy atom. The summed E-state index contributed by atoms with van der Waals surface area (Å²) in [5, 5.41) is 14.5. The van der Waals surface area contributed by atoms with E-state index in [2.05, 4.69) is 23.5 Å². The summed E-state index contributed by atoms with van der Waals surface area (Å²) in [6, 6.07) is 32.7. The Labute approximate surface area is 181 Å². The highest BCUT2D eigenvalue weighted by molar-refractivity contribution is 6.09. The van der Waals surface area contributed by atoms with Crippen molar-refractivity contribution in [3.05, 3.63) is 114 Å². The molecule has 0 fully saturated rings. The van der Waals surface area contributed by atoms with Crippen LogP contribution in [0.3, 0.4) is 0 Å². The Morgan fingerprint density at radius 2 is 1.65 bits per heavy atom. The minimum absolute atomic E-state index is 0.0232. The maximum absolute atomic E-state index is 12.4. The van der Waals surface area contributed by atoms with E-state index in [1.165, 1.54) is 5.39 Å². The van der Waals surface area contributed by atoms with Crippen molar-refractivity contribution in [1.82, 2.24) is 0 Å². The predicted octanol–water partition coefficient (Wildman–Crippen LogP) is 5.96. The van der Waals surface area contributed by atoms with Gasteiger partial charge >= 0.3 is 0 Å². The fraction of sp³-hybridized carbons (Fsp3) is 0.0370. The molecule has 0 bridgehead atoms. The zero-order chi connectivity index (χ0) is 21.5. The molecule has 0 saturated heterocycles. The Kier molecular flexibility index (Phi) is 6.06. The number of rotatable bonds is 6. The zero-order valence-corrected chi connectivity index (χ0v) is 16.8. The third-order valence-corrected chi connectivity index (χ3v) is 4.84. The van der Waals surface area contributed by atoms with Crippen molar-refractivity contribution in [1.29, 1.82) is 5.26 Å².